The number of fused-ring (bicyclic) bond motifs is 2. The van der Waals surface area contributed by atoms with Crippen LogP contribution in [0.1, 0.15) is 44.9 Å². The summed E-state index contributed by atoms with van der Waals surface area (Å²) < 4.78 is 79.1. The molecular weight excluding hydrogens is 712 g/mol. The zero-order valence-corrected chi connectivity index (χ0v) is 32.9. The first-order valence-electron chi connectivity index (χ1n) is 17.0. The van der Waals surface area contributed by atoms with Gasteiger partial charge in [-0.2, -0.15) is 21.4 Å². The molecule has 0 saturated heterocycles. The van der Waals surface area contributed by atoms with E-state index in [9.17, 15) is 25.9 Å². The summed E-state index contributed by atoms with van der Waals surface area (Å²) in [5.74, 6) is 1.20. The smallest absolute Gasteiger partial charge is 0.374 e. The molecule has 0 bridgehead atoms. The number of aromatic nitrogens is 1. The predicted octanol–water partition coefficient (Wildman–Crippen LogP) is 7.54. The Labute approximate surface area is 327 Å². The minimum atomic E-state index is -4.07. The Morgan fingerprint density at radius 3 is 1.96 bits per heavy atom. The van der Waals surface area contributed by atoms with E-state index in [2.05, 4.69) is 12.1 Å². The third-order valence-corrected chi connectivity index (χ3v) is 10.4. The fourth-order valence-electron chi connectivity index (χ4n) is 6.17. The van der Waals surface area contributed by atoms with Crippen LogP contribution in [0.5, 0.6) is 5.75 Å². The van der Waals surface area contributed by atoms with E-state index in [0.29, 0.717) is 55.5 Å². The summed E-state index contributed by atoms with van der Waals surface area (Å²) in [7, 11) is -8.15. The summed E-state index contributed by atoms with van der Waals surface area (Å²) >= 11 is 0. The van der Waals surface area contributed by atoms with Gasteiger partial charge in [0, 0.05) is 54.7 Å². The van der Waals surface area contributed by atoms with Gasteiger partial charge in [0.25, 0.3) is 25.8 Å². The summed E-state index contributed by atoms with van der Waals surface area (Å²) in [6.45, 7) is 2.95. The Morgan fingerprint density at radius 2 is 1.35 bits per heavy atom. The van der Waals surface area contributed by atoms with Crippen LogP contribution in [0, 0.1) is 0 Å². The molecule has 4 aromatic carbocycles. The molecule has 0 atom stereocenters. The number of nitrogens with zero attached hydrogens (tertiary/aromatic N) is 2. The molecule has 0 amide bonds. The van der Waals surface area contributed by atoms with Gasteiger partial charge in [-0.1, -0.05) is 79.7 Å². The van der Waals surface area contributed by atoms with Crippen molar-refractivity contribution in [1.82, 2.24) is 0 Å². The average Bonchev–Trinajstić information content (AvgIpc) is 3.63. The number of allylic oxidation sites excluding steroid dienone is 2. The van der Waals surface area contributed by atoms with Crippen LogP contribution in [-0.2, 0) is 26.8 Å². The number of hydrogen-bond donors (Lipinski definition) is 2. The average molecular weight is 753 g/mol. The molecule has 6 rings (SSSR count). The molecule has 10 nitrogen and oxygen atoms in total. The first-order valence-corrected chi connectivity index (χ1v) is 20.2. The number of unbranched alkanes of at least 4 members (excludes halogenated alkanes) is 2. The standard InChI is InChI=1S/C39H40N2O8S2.Na/c1-2-29(25-38-40(21-9-11-23-50(42,43)44)34-27-32(17-19-36(34)48-38)30-13-5-3-6-14-30)26-39-41(22-10-12-24-51(45,46)47)35-28-33(18-20-37(35)49-39)31-15-7-4-8-16-31;/h3-8,13-20,25-28H,2,9-12,21-24H2,1H3,(H-,42,43,44,45,46,47);/p+1. The number of rotatable bonds is 15. The summed E-state index contributed by atoms with van der Waals surface area (Å²) in [6, 6.07) is 32.0. The van der Waals surface area contributed by atoms with Crippen LogP contribution < -0.4 is 14.2 Å². The second kappa shape index (κ2) is 17.4. The zero-order chi connectivity index (χ0) is 36.0. The topological polar surface area (TPSA) is 138 Å². The van der Waals surface area contributed by atoms with E-state index in [1.165, 1.54) is 0 Å². The van der Waals surface area contributed by atoms with Crippen molar-refractivity contribution < 1.29 is 39.7 Å². The molecule has 13 heteroatoms. The molecular formula is C39H41N2NaO8S2+. The maximum atomic E-state index is 11.4. The van der Waals surface area contributed by atoms with Gasteiger partial charge in [-0.3, -0.25) is 9.11 Å². The molecule has 0 aliphatic carbocycles. The maximum absolute atomic E-state index is 11.4. The molecule has 1 aliphatic heterocycles. The molecule has 1 aliphatic rings. The van der Waals surface area contributed by atoms with Crippen molar-refractivity contribution in [1.29, 1.82) is 0 Å². The van der Waals surface area contributed by atoms with Crippen molar-refractivity contribution in [2.24, 2.45) is 0 Å². The Hall–Kier alpha value is -3.75. The van der Waals surface area contributed by atoms with E-state index in [0.717, 1.165) is 39.0 Å². The van der Waals surface area contributed by atoms with Crippen LogP contribution in [0.4, 0.5) is 5.69 Å². The molecule has 2 heterocycles. The zero-order valence-electron chi connectivity index (χ0n) is 29.3. The van der Waals surface area contributed by atoms with E-state index in [1.807, 2.05) is 113 Å². The Kier molecular flexibility index (Phi) is 13.2. The second-order valence-electron chi connectivity index (χ2n) is 12.5. The van der Waals surface area contributed by atoms with Crippen LogP contribution >= 0.6 is 0 Å². The van der Waals surface area contributed by atoms with E-state index >= 15 is 0 Å². The van der Waals surface area contributed by atoms with Gasteiger partial charge in [-0.25, -0.2) is 0 Å². The van der Waals surface area contributed by atoms with Gasteiger partial charge in [0.1, 0.15) is 0 Å². The molecule has 2 N–H and O–H groups in total. The van der Waals surface area contributed by atoms with Gasteiger partial charge in [0.2, 0.25) is 11.5 Å². The van der Waals surface area contributed by atoms with Crippen molar-refractivity contribution >= 4 is 72.7 Å². The van der Waals surface area contributed by atoms with E-state index in [1.54, 1.807) is 0 Å². The minimum absolute atomic E-state index is 0. The van der Waals surface area contributed by atoms with Crippen LogP contribution in [0.15, 0.2) is 119 Å². The number of ether oxygens (including phenoxy) is 1. The monoisotopic (exact) mass is 752 g/mol. The fourth-order valence-corrected chi connectivity index (χ4v) is 7.31. The molecule has 1 aromatic heterocycles. The molecule has 0 saturated carbocycles. The number of aryl methyl sites for hydroxylation is 1. The van der Waals surface area contributed by atoms with Gasteiger partial charge in [-0.15, -0.1) is 0 Å². The van der Waals surface area contributed by atoms with Gasteiger partial charge >= 0.3 is 5.89 Å². The third-order valence-electron chi connectivity index (χ3n) is 8.77. The van der Waals surface area contributed by atoms with Gasteiger partial charge < -0.3 is 14.1 Å². The van der Waals surface area contributed by atoms with Gasteiger partial charge in [0.15, 0.2) is 12.3 Å². The van der Waals surface area contributed by atoms with Crippen LogP contribution in [0.3, 0.4) is 0 Å². The van der Waals surface area contributed by atoms with Crippen LogP contribution in [-0.4, -0.2) is 73.5 Å². The largest absolute Gasteiger partial charge is 0.439 e. The van der Waals surface area contributed by atoms with Gasteiger partial charge in [0.05, 0.1) is 23.3 Å². The molecule has 5 aromatic rings. The molecule has 267 valence electrons. The summed E-state index contributed by atoms with van der Waals surface area (Å²) in [6.07, 6.45) is 6.11. The van der Waals surface area contributed by atoms with E-state index in [-0.39, 0.29) is 53.9 Å². The Morgan fingerprint density at radius 1 is 0.750 bits per heavy atom. The quantitative estimate of drug-likeness (QED) is 0.0481. The molecule has 0 spiro atoms. The Bertz CT molecular complexity index is 2290. The minimum Gasteiger partial charge on any atom is -0.439 e. The maximum Gasteiger partial charge on any atom is 0.374 e. The number of anilines is 1. The second-order valence-corrected chi connectivity index (χ2v) is 15.6. The van der Waals surface area contributed by atoms with E-state index < -0.39 is 20.2 Å². The first-order chi connectivity index (χ1) is 24.5. The first kappa shape index (κ1) is 39.5. The van der Waals surface area contributed by atoms with Crippen molar-refractivity contribution in [3.05, 3.63) is 120 Å². The van der Waals surface area contributed by atoms with Gasteiger partial charge in [-0.05, 0) is 71.7 Å². The molecule has 1 radical (unpaired) electrons. The number of benzene rings is 4. The van der Waals surface area contributed by atoms with Crippen molar-refractivity contribution in [3.63, 3.8) is 0 Å². The molecule has 52 heavy (non-hydrogen) atoms. The fraction of sp³-hybridized carbons (Fsp3) is 0.256. The van der Waals surface area contributed by atoms with Crippen LogP contribution in [0.2, 0.25) is 0 Å². The van der Waals surface area contributed by atoms with Crippen molar-refractivity contribution in [2.75, 3.05) is 23.0 Å². The van der Waals surface area contributed by atoms with Crippen molar-refractivity contribution in [3.8, 4) is 28.0 Å². The Balaban J connectivity index is 0.00000523. The number of hydrogen-bond acceptors (Lipinski definition) is 7. The predicted molar refractivity (Wildman–Crippen MR) is 205 cm³/mol. The van der Waals surface area contributed by atoms with Crippen LogP contribution in [0.25, 0.3) is 39.4 Å². The third kappa shape index (κ3) is 10.2. The SMILES string of the molecule is CCC(=Cc1oc2ccc(-c3ccccc3)cc2[n+]1CCCCS(=O)(=O)O)C=C1Oc2ccc(-c3ccccc3)cc2N1CCCCS(=O)(=O)O.[Na]. The summed E-state index contributed by atoms with van der Waals surface area (Å²) in [4.78, 5) is 2.03. The number of oxazole rings is 1. The van der Waals surface area contributed by atoms with E-state index in [4.69, 9.17) is 9.15 Å². The molecule has 0 unspecified atom stereocenters. The normalized spacial score (nSPS) is 14.0. The van der Waals surface area contributed by atoms with Crippen molar-refractivity contribution in [2.45, 2.75) is 45.6 Å². The summed E-state index contributed by atoms with van der Waals surface area (Å²) in [5, 5.41) is 0. The molecule has 0 fully saturated rings. The summed E-state index contributed by atoms with van der Waals surface area (Å²) in [5.41, 5.74) is 7.43.